The number of nitrogens with zero attached hydrogens (tertiary/aromatic N) is 4. The smallest absolute Gasteiger partial charge is 0.191 e. The number of rotatable bonds is 4. The molecule has 0 unspecified atom stereocenters. The second-order valence-electron chi connectivity index (χ2n) is 4.31. The summed E-state index contributed by atoms with van der Waals surface area (Å²) in [5.41, 5.74) is 0.569. The van der Waals surface area contributed by atoms with E-state index in [0.29, 0.717) is 29.1 Å². The Bertz CT molecular complexity index is 645. The fourth-order valence-corrected chi connectivity index (χ4v) is 2.04. The molecule has 0 aliphatic rings. The molecule has 1 aromatic carbocycles. The number of hydrogen-bond donors (Lipinski definition) is 2. The van der Waals surface area contributed by atoms with Crippen molar-refractivity contribution < 1.29 is 4.39 Å². The fraction of sp³-hybridized carbons (Fsp3) is 0.308. The van der Waals surface area contributed by atoms with Gasteiger partial charge < -0.3 is 10.6 Å². The number of halogens is 3. The number of guanidine groups is 1. The van der Waals surface area contributed by atoms with Gasteiger partial charge in [-0.05, 0) is 12.1 Å². The first-order chi connectivity index (χ1) is 10.1. The van der Waals surface area contributed by atoms with Gasteiger partial charge in [0.05, 0.1) is 6.54 Å². The van der Waals surface area contributed by atoms with Crippen LogP contribution in [0.1, 0.15) is 11.4 Å². The van der Waals surface area contributed by atoms with E-state index in [-0.39, 0.29) is 29.8 Å². The molecule has 120 valence electrons. The highest BCUT2D eigenvalue weighted by Gasteiger charge is 2.05. The van der Waals surface area contributed by atoms with Gasteiger partial charge in [0.25, 0.3) is 0 Å². The van der Waals surface area contributed by atoms with Gasteiger partial charge in [-0.15, -0.1) is 24.0 Å². The topological polar surface area (TPSA) is 67.1 Å². The number of hydrogen-bond acceptors (Lipinski definition) is 3. The molecule has 9 heteroatoms. The van der Waals surface area contributed by atoms with Crippen molar-refractivity contribution in [2.24, 2.45) is 12.0 Å². The van der Waals surface area contributed by atoms with Gasteiger partial charge in [-0.3, -0.25) is 9.67 Å². The number of aryl methyl sites for hydroxylation is 1. The van der Waals surface area contributed by atoms with Crippen LogP contribution in [-0.4, -0.2) is 27.8 Å². The van der Waals surface area contributed by atoms with Crippen LogP contribution in [0.4, 0.5) is 4.39 Å². The second-order valence-corrected chi connectivity index (χ2v) is 5.23. The molecule has 0 aliphatic carbocycles. The summed E-state index contributed by atoms with van der Waals surface area (Å²) in [6.07, 6.45) is 1.49. The molecule has 0 saturated carbocycles. The van der Waals surface area contributed by atoms with E-state index in [4.69, 9.17) is 0 Å². The zero-order valence-corrected chi connectivity index (χ0v) is 16.1. The van der Waals surface area contributed by atoms with Gasteiger partial charge >= 0.3 is 0 Å². The lowest BCUT2D eigenvalue weighted by atomic mass is 10.2. The van der Waals surface area contributed by atoms with E-state index >= 15 is 0 Å². The monoisotopic (exact) mass is 482 g/mol. The Morgan fingerprint density at radius 2 is 2.09 bits per heavy atom. The molecule has 0 fully saturated rings. The molecule has 0 saturated heterocycles. The number of aromatic nitrogens is 3. The summed E-state index contributed by atoms with van der Waals surface area (Å²) >= 11 is 3.23. The quantitative estimate of drug-likeness (QED) is 0.398. The molecule has 0 aliphatic heterocycles. The zero-order chi connectivity index (χ0) is 15.2. The van der Waals surface area contributed by atoms with Crippen LogP contribution in [0.25, 0.3) is 0 Å². The van der Waals surface area contributed by atoms with Crippen molar-refractivity contribution in [2.45, 2.75) is 13.1 Å². The van der Waals surface area contributed by atoms with Crippen LogP contribution in [-0.2, 0) is 20.1 Å². The van der Waals surface area contributed by atoms with Gasteiger partial charge in [0.2, 0.25) is 0 Å². The molecule has 1 aromatic heterocycles. The number of nitrogens with one attached hydrogen (secondary N) is 2. The molecular formula is C13H17BrFIN6. The van der Waals surface area contributed by atoms with Crippen molar-refractivity contribution >= 4 is 45.9 Å². The van der Waals surface area contributed by atoms with Crippen LogP contribution >= 0.6 is 39.9 Å². The lowest BCUT2D eigenvalue weighted by Crippen LogP contribution is -2.37. The maximum Gasteiger partial charge on any atom is 0.191 e. The van der Waals surface area contributed by atoms with E-state index in [9.17, 15) is 4.39 Å². The minimum absolute atomic E-state index is 0. The van der Waals surface area contributed by atoms with Gasteiger partial charge in [0.15, 0.2) is 5.96 Å². The van der Waals surface area contributed by atoms with Crippen molar-refractivity contribution in [3.05, 3.63) is 46.2 Å². The third-order valence-corrected chi connectivity index (χ3v) is 3.40. The van der Waals surface area contributed by atoms with E-state index in [2.05, 4.69) is 41.6 Å². The maximum absolute atomic E-state index is 13.7. The summed E-state index contributed by atoms with van der Waals surface area (Å²) in [5.74, 6) is 1.09. The third-order valence-electron chi connectivity index (χ3n) is 2.90. The summed E-state index contributed by atoms with van der Waals surface area (Å²) in [7, 11) is 3.47. The van der Waals surface area contributed by atoms with Crippen LogP contribution in [0.2, 0.25) is 0 Å². The fourth-order valence-electron chi connectivity index (χ4n) is 1.71. The number of benzene rings is 1. The van der Waals surface area contributed by atoms with Crippen LogP contribution < -0.4 is 10.6 Å². The molecule has 2 aromatic rings. The van der Waals surface area contributed by atoms with Gasteiger partial charge in [-0.2, -0.15) is 5.10 Å². The van der Waals surface area contributed by atoms with Gasteiger partial charge in [0, 0.05) is 30.7 Å². The van der Waals surface area contributed by atoms with Crippen LogP contribution in [0.5, 0.6) is 0 Å². The van der Waals surface area contributed by atoms with Crippen LogP contribution in [0, 0.1) is 5.82 Å². The molecule has 1 heterocycles. The second kappa shape index (κ2) is 9.03. The Labute approximate surface area is 153 Å². The van der Waals surface area contributed by atoms with Gasteiger partial charge in [0.1, 0.15) is 18.0 Å². The number of aliphatic imine (C=N–C) groups is 1. The Kier molecular flexibility index (Phi) is 7.73. The first-order valence-electron chi connectivity index (χ1n) is 6.31. The molecule has 0 bridgehead atoms. The van der Waals surface area contributed by atoms with Crippen LogP contribution in [0.15, 0.2) is 34.0 Å². The SMILES string of the molecule is CN=C(NCc1ccc(Br)cc1F)NCc1ncnn1C.I. The lowest BCUT2D eigenvalue weighted by Gasteiger charge is -2.12. The van der Waals surface area contributed by atoms with Crippen molar-refractivity contribution in [2.75, 3.05) is 7.05 Å². The Morgan fingerprint density at radius 3 is 2.68 bits per heavy atom. The Balaban J connectivity index is 0.00000242. The maximum atomic E-state index is 13.7. The van der Waals surface area contributed by atoms with Crippen molar-refractivity contribution in [3.8, 4) is 0 Å². The van der Waals surface area contributed by atoms with E-state index in [1.54, 1.807) is 23.9 Å². The standard InChI is InChI=1S/C13H16BrFN6.HI/c1-16-13(18-7-12-19-8-20-21(12)2)17-6-9-3-4-10(14)5-11(9)15;/h3-5,8H,6-7H2,1-2H3,(H2,16,17,18);1H. The Morgan fingerprint density at radius 1 is 1.36 bits per heavy atom. The molecule has 0 radical (unpaired) electrons. The zero-order valence-electron chi connectivity index (χ0n) is 12.2. The van der Waals surface area contributed by atoms with Crippen molar-refractivity contribution in [1.29, 1.82) is 0 Å². The molecular weight excluding hydrogens is 466 g/mol. The highest BCUT2D eigenvalue weighted by atomic mass is 127. The average molecular weight is 483 g/mol. The summed E-state index contributed by atoms with van der Waals surface area (Å²) < 4.78 is 16.1. The highest BCUT2D eigenvalue weighted by Crippen LogP contribution is 2.14. The van der Waals surface area contributed by atoms with Crippen molar-refractivity contribution in [3.63, 3.8) is 0 Å². The summed E-state index contributed by atoms with van der Waals surface area (Å²) in [5, 5.41) is 10.1. The third kappa shape index (κ3) is 5.20. The average Bonchev–Trinajstić information content (AvgIpc) is 2.86. The minimum Gasteiger partial charge on any atom is -0.352 e. The first kappa shape index (κ1) is 18.8. The molecule has 0 amide bonds. The van der Waals surface area contributed by atoms with E-state index in [0.717, 1.165) is 5.82 Å². The molecule has 0 atom stereocenters. The lowest BCUT2D eigenvalue weighted by molar-refractivity contribution is 0.603. The predicted molar refractivity (Wildman–Crippen MR) is 97.6 cm³/mol. The predicted octanol–water partition coefficient (Wildman–Crippen LogP) is 2.20. The molecule has 22 heavy (non-hydrogen) atoms. The summed E-state index contributed by atoms with van der Waals surface area (Å²) in [4.78, 5) is 8.19. The minimum atomic E-state index is -0.263. The van der Waals surface area contributed by atoms with E-state index in [1.165, 1.54) is 12.4 Å². The van der Waals surface area contributed by atoms with E-state index in [1.807, 2.05) is 7.05 Å². The van der Waals surface area contributed by atoms with Crippen molar-refractivity contribution in [1.82, 2.24) is 25.4 Å². The van der Waals surface area contributed by atoms with E-state index < -0.39 is 0 Å². The Hall–Kier alpha value is -1.23. The van der Waals surface area contributed by atoms with Gasteiger partial charge in [-0.25, -0.2) is 9.37 Å². The molecule has 0 spiro atoms. The molecule has 2 N–H and O–H groups in total. The molecule has 6 nitrogen and oxygen atoms in total. The summed E-state index contributed by atoms with van der Waals surface area (Å²) in [6.45, 7) is 0.830. The van der Waals surface area contributed by atoms with Crippen LogP contribution in [0.3, 0.4) is 0 Å². The first-order valence-corrected chi connectivity index (χ1v) is 7.10. The molecule has 2 rings (SSSR count). The normalized spacial score (nSPS) is 11.0. The summed E-state index contributed by atoms with van der Waals surface area (Å²) in [6, 6.07) is 4.96. The highest BCUT2D eigenvalue weighted by molar-refractivity contribution is 14.0. The van der Waals surface area contributed by atoms with Gasteiger partial charge in [-0.1, -0.05) is 22.0 Å². The largest absolute Gasteiger partial charge is 0.352 e.